The summed E-state index contributed by atoms with van der Waals surface area (Å²) in [6.07, 6.45) is 1.85. The van der Waals surface area contributed by atoms with Gasteiger partial charge in [0, 0.05) is 0 Å². The van der Waals surface area contributed by atoms with Gasteiger partial charge in [-0.05, 0) is 107 Å². The largest absolute Gasteiger partial charge is 0.490 e. The maximum atomic E-state index is 13.6. The Morgan fingerprint density at radius 1 is 0.949 bits per heavy atom. The van der Waals surface area contributed by atoms with Crippen molar-refractivity contribution in [2.45, 2.75) is 13.5 Å². The number of ether oxygens (including phenoxy) is 2. The summed E-state index contributed by atoms with van der Waals surface area (Å²) >= 11 is 3.54. The van der Waals surface area contributed by atoms with Gasteiger partial charge < -0.3 is 9.47 Å². The highest BCUT2D eigenvalue weighted by molar-refractivity contribution is 14.1. The number of amides is 1. The van der Waals surface area contributed by atoms with Gasteiger partial charge in [-0.3, -0.25) is 9.69 Å². The van der Waals surface area contributed by atoms with Crippen molar-refractivity contribution in [1.82, 2.24) is 0 Å². The lowest BCUT2D eigenvalue weighted by molar-refractivity contribution is -0.113. The fourth-order valence-electron chi connectivity index (χ4n) is 3.93. The van der Waals surface area contributed by atoms with Crippen LogP contribution >= 0.6 is 34.4 Å². The number of aliphatic imine (C=N–C) groups is 1. The molecule has 1 fully saturated rings. The molecule has 5 nitrogen and oxygen atoms in total. The number of rotatable bonds is 8. The zero-order valence-corrected chi connectivity index (χ0v) is 24.0. The van der Waals surface area contributed by atoms with Gasteiger partial charge >= 0.3 is 0 Å². The lowest BCUT2D eigenvalue weighted by atomic mass is 10.1. The van der Waals surface area contributed by atoms with Gasteiger partial charge in [0.15, 0.2) is 16.7 Å². The number of thioether (sulfide) groups is 1. The van der Waals surface area contributed by atoms with Crippen molar-refractivity contribution < 1.29 is 18.7 Å². The van der Waals surface area contributed by atoms with E-state index in [1.54, 1.807) is 17.0 Å². The molecule has 39 heavy (non-hydrogen) atoms. The molecule has 0 spiro atoms. The van der Waals surface area contributed by atoms with Gasteiger partial charge in [0.1, 0.15) is 12.4 Å². The van der Waals surface area contributed by atoms with Crippen molar-refractivity contribution in [2.24, 2.45) is 4.99 Å². The lowest BCUT2D eigenvalue weighted by Gasteiger charge is -2.15. The predicted octanol–water partition coefficient (Wildman–Crippen LogP) is 8.22. The molecule has 0 unspecified atom stereocenters. The summed E-state index contributed by atoms with van der Waals surface area (Å²) in [7, 11) is 0. The summed E-state index contributed by atoms with van der Waals surface area (Å²) in [5.41, 5.74) is 3.18. The maximum Gasteiger partial charge on any atom is 0.271 e. The van der Waals surface area contributed by atoms with Crippen molar-refractivity contribution in [2.75, 3.05) is 11.5 Å². The zero-order chi connectivity index (χ0) is 27.2. The molecule has 1 heterocycles. The summed E-state index contributed by atoms with van der Waals surface area (Å²) in [6, 6.07) is 29.1. The molecule has 0 N–H and O–H groups in total. The summed E-state index contributed by atoms with van der Waals surface area (Å²) < 4.78 is 26.1. The molecule has 1 saturated heterocycles. The summed E-state index contributed by atoms with van der Waals surface area (Å²) in [6.45, 7) is 2.63. The minimum absolute atomic E-state index is 0.148. The Bertz CT molecular complexity index is 1530. The van der Waals surface area contributed by atoms with Crippen LogP contribution in [0.15, 0.2) is 107 Å². The van der Waals surface area contributed by atoms with Crippen molar-refractivity contribution in [1.29, 1.82) is 0 Å². The molecule has 1 amide bonds. The third kappa shape index (κ3) is 6.51. The first-order valence-corrected chi connectivity index (χ1v) is 14.2. The fourth-order valence-corrected chi connectivity index (χ4v) is 5.71. The Hall–Kier alpha value is -3.63. The topological polar surface area (TPSA) is 51.1 Å². The number of anilines is 1. The monoisotopic (exact) mass is 650 g/mol. The third-order valence-corrected chi connectivity index (χ3v) is 7.50. The van der Waals surface area contributed by atoms with Crippen LogP contribution < -0.4 is 14.4 Å². The summed E-state index contributed by atoms with van der Waals surface area (Å²) in [4.78, 5) is 20.6. The van der Waals surface area contributed by atoms with Crippen LogP contribution in [0.2, 0.25) is 0 Å². The molecule has 0 saturated carbocycles. The Balaban J connectivity index is 1.47. The molecule has 196 valence electrons. The van der Waals surface area contributed by atoms with Crippen LogP contribution in [0.3, 0.4) is 0 Å². The van der Waals surface area contributed by atoms with E-state index in [4.69, 9.17) is 14.5 Å². The average molecular weight is 651 g/mol. The van der Waals surface area contributed by atoms with Gasteiger partial charge in [0.05, 0.1) is 26.5 Å². The van der Waals surface area contributed by atoms with E-state index in [1.165, 1.54) is 23.9 Å². The first kappa shape index (κ1) is 27.0. The number of para-hydroxylation sites is 2. The number of hydrogen-bond acceptors (Lipinski definition) is 5. The molecular formula is C31H24FIN2O3S. The maximum absolute atomic E-state index is 13.6. The van der Waals surface area contributed by atoms with Gasteiger partial charge in [-0.2, -0.15) is 0 Å². The SMILES string of the molecule is CCOc1cc(/C=C2/SC(=Nc3ccccc3)N(c3ccccc3)C2=O)cc(I)c1OCc1ccc(F)cc1. The van der Waals surface area contributed by atoms with Crippen LogP contribution in [0.1, 0.15) is 18.1 Å². The van der Waals surface area contributed by atoms with Crippen molar-refractivity contribution in [3.63, 3.8) is 0 Å². The molecule has 1 aliphatic rings. The second-order valence-electron chi connectivity index (χ2n) is 8.49. The van der Waals surface area contributed by atoms with E-state index in [9.17, 15) is 9.18 Å². The quantitative estimate of drug-likeness (QED) is 0.143. The molecule has 5 rings (SSSR count). The second kappa shape index (κ2) is 12.5. The first-order valence-electron chi connectivity index (χ1n) is 12.3. The molecule has 1 aliphatic heterocycles. The Kier molecular flexibility index (Phi) is 8.63. The fraction of sp³-hybridized carbons (Fsp3) is 0.0968. The molecule has 0 radical (unpaired) electrons. The lowest BCUT2D eigenvalue weighted by Crippen LogP contribution is -2.28. The highest BCUT2D eigenvalue weighted by Crippen LogP contribution is 2.40. The van der Waals surface area contributed by atoms with E-state index in [-0.39, 0.29) is 18.3 Å². The Morgan fingerprint density at radius 3 is 2.33 bits per heavy atom. The molecule has 0 aromatic heterocycles. The van der Waals surface area contributed by atoms with E-state index in [2.05, 4.69) is 22.6 Å². The minimum Gasteiger partial charge on any atom is -0.490 e. The summed E-state index contributed by atoms with van der Waals surface area (Å²) in [5.74, 6) is 0.742. The molecule has 0 bridgehead atoms. The van der Waals surface area contributed by atoms with Crippen LogP contribution in [0.4, 0.5) is 15.8 Å². The van der Waals surface area contributed by atoms with Crippen molar-refractivity contribution in [3.05, 3.63) is 122 Å². The van der Waals surface area contributed by atoms with E-state index in [1.807, 2.05) is 85.8 Å². The zero-order valence-electron chi connectivity index (χ0n) is 21.0. The third-order valence-electron chi connectivity index (χ3n) is 5.73. The van der Waals surface area contributed by atoms with Crippen LogP contribution in [0.25, 0.3) is 6.08 Å². The van der Waals surface area contributed by atoms with Gasteiger partial charge in [0.2, 0.25) is 0 Å². The molecular weight excluding hydrogens is 626 g/mol. The number of hydrogen-bond donors (Lipinski definition) is 0. The number of halogens is 2. The van der Waals surface area contributed by atoms with Crippen molar-refractivity contribution >= 4 is 62.9 Å². The van der Waals surface area contributed by atoms with Gasteiger partial charge in [-0.1, -0.05) is 48.5 Å². The Labute approximate surface area is 244 Å². The smallest absolute Gasteiger partial charge is 0.271 e. The van der Waals surface area contributed by atoms with E-state index in [0.29, 0.717) is 28.2 Å². The predicted molar refractivity (Wildman–Crippen MR) is 164 cm³/mol. The highest BCUT2D eigenvalue weighted by atomic mass is 127. The molecule has 4 aromatic carbocycles. The minimum atomic E-state index is -0.289. The number of amidine groups is 1. The van der Waals surface area contributed by atoms with Gasteiger partial charge in [-0.15, -0.1) is 0 Å². The first-order chi connectivity index (χ1) is 19.0. The van der Waals surface area contributed by atoms with Crippen LogP contribution in [-0.2, 0) is 11.4 Å². The van der Waals surface area contributed by atoms with E-state index < -0.39 is 0 Å². The molecule has 0 aliphatic carbocycles. The van der Waals surface area contributed by atoms with Gasteiger partial charge in [0.25, 0.3) is 5.91 Å². The van der Waals surface area contributed by atoms with Crippen LogP contribution in [0, 0.1) is 9.39 Å². The van der Waals surface area contributed by atoms with E-state index in [0.717, 1.165) is 26.1 Å². The molecule has 4 aromatic rings. The van der Waals surface area contributed by atoms with Gasteiger partial charge in [-0.25, -0.2) is 9.38 Å². The van der Waals surface area contributed by atoms with E-state index >= 15 is 0 Å². The molecule has 8 heteroatoms. The Morgan fingerprint density at radius 2 is 1.64 bits per heavy atom. The second-order valence-corrected chi connectivity index (χ2v) is 10.7. The van der Waals surface area contributed by atoms with Crippen LogP contribution in [0.5, 0.6) is 11.5 Å². The highest BCUT2D eigenvalue weighted by Gasteiger charge is 2.34. The number of benzene rings is 4. The standard InChI is InChI=1S/C31H24FIN2O3S/c1-2-37-27-18-22(17-26(33)29(27)38-20-21-13-15-23(32)16-14-21)19-28-30(36)35(25-11-7-4-8-12-25)31(39-28)34-24-9-5-3-6-10-24/h3-19H,2,20H2,1H3/b28-19+,34-31?. The normalized spacial score (nSPS) is 15.3. The van der Waals surface area contributed by atoms with Crippen molar-refractivity contribution in [3.8, 4) is 11.5 Å². The van der Waals surface area contributed by atoms with Crippen LogP contribution in [-0.4, -0.2) is 17.7 Å². The number of nitrogens with zero attached hydrogens (tertiary/aromatic N) is 2. The summed E-state index contributed by atoms with van der Waals surface area (Å²) in [5, 5.41) is 0.586. The molecule has 0 atom stereocenters. The number of carbonyl (C=O) groups excluding carboxylic acids is 1. The average Bonchev–Trinajstić information content (AvgIpc) is 3.24. The number of carbonyl (C=O) groups is 1.